The zero-order valence-electron chi connectivity index (χ0n) is 1.64. The van der Waals surface area contributed by atoms with Crippen molar-refractivity contribution in [1.82, 2.24) is 0 Å². The average molecular weight is 159 g/mol. The Morgan fingerprint density at radius 2 is 2.00 bits per heavy atom. The zero-order valence-corrected chi connectivity index (χ0v) is 4.94. The first-order chi connectivity index (χ1) is 1.73. The van der Waals surface area contributed by atoms with Crippen molar-refractivity contribution in [2.24, 2.45) is 0 Å². The number of halogens is 1. The molecule has 0 fully saturated rings. The molecule has 0 heterocycles. The van der Waals surface area contributed by atoms with Crippen LogP contribution in [0.2, 0.25) is 0 Å². The van der Waals surface area contributed by atoms with Gasteiger partial charge in [0.1, 0.15) is 0 Å². The molecule has 24 valence electrons. The van der Waals surface area contributed by atoms with E-state index in [-0.39, 0.29) is 0 Å². The largest absolute Gasteiger partial charge is 0.258 e. The van der Waals surface area contributed by atoms with E-state index in [0.29, 0.717) is 0 Å². The number of rotatable bonds is 0. The van der Waals surface area contributed by atoms with Crippen molar-refractivity contribution in [2.45, 2.75) is 0 Å². The van der Waals surface area contributed by atoms with Crippen LogP contribution in [0.4, 0.5) is 0 Å². The van der Waals surface area contributed by atoms with Gasteiger partial charge in [-0.15, -0.1) is 0 Å². The van der Waals surface area contributed by atoms with Crippen LogP contribution in [0.25, 0.3) is 0 Å². The van der Waals surface area contributed by atoms with Gasteiger partial charge in [0.25, 0.3) is 0 Å². The molecule has 4 heteroatoms. The third kappa shape index (κ3) is 14.2. The van der Waals surface area contributed by atoms with Crippen LogP contribution < -0.4 is 0 Å². The standard InChI is InChI=1S/BrOPS/c1-3(2)4. The first-order valence-corrected chi connectivity index (χ1v) is 4.83. The van der Waals surface area contributed by atoms with Gasteiger partial charge in [-0.25, -0.2) is 0 Å². The Morgan fingerprint density at radius 3 is 2.00 bits per heavy atom. The highest BCUT2D eigenvalue weighted by Gasteiger charge is 1.52. The van der Waals surface area contributed by atoms with Crippen LogP contribution in [-0.4, -0.2) is 0 Å². The topological polar surface area (TPSA) is 17.1 Å². The Bertz CT molecular complexity index is 56.4. The van der Waals surface area contributed by atoms with E-state index < -0.39 is 5.28 Å². The van der Waals surface area contributed by atoms with E-state index in [0.717, 1.165) is 0 Å². The molecule has 0 bridgehead atoms. The predicted molar refractivity (Wildman–Crippen MR) is 23.9 cm³/mol. The van der Waals surface area contributed by atoms with Crippen molar-refractivity contribution in [1.29, 1.82) is 0 Å². The molecule has 0 N–H and O–H groups in total. The van der Waals surface area contributed by atoms with Crippen LogP contribution in [0, 0.1) is 0 Å². The summed E-state index contributed by atoms with van der Waals surface area (Å²) in [7, 11) is 0. The van der Waals surface area contributed by atoms with Crippen molar-refractivity contribution >= 4 is 32.6 Å². The third-order valence-corrected chi connectivity index (χ3v) is 0. The first kappa shape index (κ1) is 4.80. The summed E-state index contributed by atoms with van der Waals surface area (Å²) in [5.74, 6) is 0. The summed E-state index contributed by atoms with van der Waals surface area (Å²) in [6.07, 6.45) is 0. The molecule has 4 heavy (non-hydrogen) atoms. The van der Waals surface area contributed by atoms with Gasteiger partial charge in [-0.1, -0.05) is 0 Å². The van der Waals surface area contributed by atoms with Crippen molar-refractivity contribution in [3.63, 3.8) is 0 Å². The lowest BCUT2D eigenvalue weighted by molar-refractivity contribution is 0.605. The highest BCUT2D eigenvalue weighted by molar-refractivity contribution is 9.39. The lowest BCUT2D eigenvalue weighted by atomic mass is 16.0. The van der Waals surface area contributed by atoms with Gasteiger partial charge in [0.15, 0.2) is 0 Å². The summed E-state index contributed by atoms with van der Waals surface area (Å²) in [5, 5.41) is -1.47. The van der Waals surface area contributed by atoms with Crippen LogP contribution in [0.5, 0.6) is 0 Å². The highest BCUT2D eigenvalue weighted by Crippen LogP contribution is 2.11. The average Bonchev–Trinajstić information content (AvgIpc) is 0.811. The lowest BCUT2D eigenvalue weighted by Gasteiger charge is -1.34. The van der Waals surface area contributed by atoms with E-state index >= 15 is 0 Å². The molecule has 1 nitrogen and oxygen atoms in total. The molecule has 0 saturated heterocycles. The minimum absolute atomic E-state index is 1.47. The fraction of sp³-hybridized carbons (Fsp3) is 0. The van der Waals surface area contributed by atoms with Gasteiger partial charge < -0.3 is 0 Å². The van der Waals surface area contributed by atoms with Crippen molar-refractivity contribution in [3.8, 4) is 0 Å². The van der Waals surface area contributed by atoms with Crippen molar-refractivity contribution < 1.29 is 4.57 Å². The summed E-state index contributed by atoms with van der Waals surface area (Å²) in [5.41, 5.74) is 0. The smallest absolute Gasteiger partial charge is 0.235 e. The molecule has 0 saturated carbocycles. The molecule has 0 aromatic heterocycles. The van der Waals surface area contributed by atoms with Gasteiger partial charge in [0.05, 0.1) is 0 Å². The maximum atomic E-state index is 9.32. The molecule has 0 aliphatic heterocycles. The molecule has 0 aliphatic carbocycles. The molecule has 0 aliphatic rings. The minimum Gasteiger partial charge on any atom is -0.258 e. The molecule has 0 radical (unpaired) electrons. The van der Waals surface area contributed by atoms with E-state index in [1.807, 2.05) is 0 Å². The predicted octanol–water partition coefficient (Wildman–Crippen LogP) is 1.59. The Morgan fingerprint density at radius 1 is 2.00 bits per heavy atom. The van der Waals surface area contributed by atoms with Gasteiger partial charge in [-0.2, -0.15) is 0 Å². The fourth-order valence-corrected chi connectivity index (χ4v) is 0. The molecular weight excluding hydrogens is 159 g/mol. The van der Waals surface area contributed by atoms with E-state index in [4.69, 9.17) is 0 Å². The SMILES string of the molecule is O=P(=S)Br. The van der Waals surface area contributed by atoms with Crippen LogP contribution in [0.1, 0.15) is 0 Å². The molecule has 0 rings (SSSR count). The summed E-state index contributed by atoms with van der Waals surface area (Å²) in [6.45, 7) is 0. The molecule has 0 aromatic rings. The second-order valence-electron chi connectivity index (χ2n) is 0.213. The molecule has 1 unspecified atom stereocenters. The normalized spacial score (nSPS) is 10.8. The van der Waals surface area contributed by atoms with Crippen molar-refractivity contribution in [2.75, 3.05) is 0 Å². The van der Waals surface area contributed by atoms with E-state index in [1.54, 1.807) is 0 Å². The number of hydrogen-bond acceptors (Lipinski definition) is 2. The highest BCUT2D eigenvalue weighted by atomic mass is 79.9. The van der Waals surface area contributed by atoms with Crippen molar-refractivity contribution in [3.05, 3.63) is 0 Å². The van der Waals surface area contributed by atoms with Crippen LogP contribution >= 0.6 is 20.8 Å². The van der Waals surface area contributed by atoms with E-state index in [2.05, 4.69) is 27.3 Å². The Kier molecular flexibility index (Phi) is 2.48. The maximum absolute atomic E-state index is 9.32. The van der Waals surface area contributed by atoms with Gasteiger partial charge in [-0.3, -0.25) is 4.57 Å². The maximum Gasteiger partial charge on any atom is 0.235 e. The summed E-state index contributed by atoms with van der Waals surface area (Å²) in [4.78, 5) is 0. The van der Waals surface area contributed by atoms with Gasteiger partial charge in [0, 0.05) is 15.5 Å². The molecule has 0 aromatic carbocycles. The zero-order chi connectivity index (χ0) is 3.58. The van der Waals surface area contributed by atoms with Crippen LogP contribution in [0.15, 0.2) is 0 Å². The fourth-order valence-electron chi connectivity index (χ4n) is 0. The molecular formula is BrOPS. The molecule has 0 amide bonds. The quantitative estimate of drug-likeness (QED) is 0.499. The number of hydrogen-bond donors (Lipinski definition) is 0. The monoisotopic (exact) mass is 158 g/mol. The van der Waals surface area contributed by atoms with E-state index in [9.17, 15) is 4.57 Å². The Balaban J connectivity index is 3.51. The first-order valence-electron chi connectivity index (χ1n) is 0.534. The van der Waals surface area contributed by atoms with E-state index in [1.165, 1.54) is 0 Å². The lowest BCUT2D eigenvalue weighted by Crippen LogP contribution is -0.902. The third-order valence-electron chi connectivity index (χ3n) is 0. The summed E-state index contributed by atoms with van der Waals surface area (Å²) in [6, 6.07) is 0. The summed E-state index contributed by atoms with van der Waals surface area (Å²) < 4.78 is 9.32. The van der Waals surface area contributed by atoms with Gasteiger partial charge >= 0.3 is 0 Å². The second kappa shape index (κ2) is 2.06. The van der Waals surface area contributed by atoms with Crippen LogP contribution in [-0.2, 0) is 16.4 Å². The van der Waals surface area contributed by atoms with Gasteiger partial charge in [0.2, 0.25) is 5.28 Å². The minimum atomic E-state index is -1.47. The molecule has 0 spiro atoms. The summed E-state index contributed by atoms with van der Waals surface area (Å²) >= 11 is 6.64. The van der Waals surface area contributed by atoms with Crippen LogP contribution in [0.3, 0.4) is 0 Å². The molecule has 1 atom stereocenters. The Labute approximate surface area is 37.6 Å². The van der Waals surface area contributed by atoms with Gasteiger partial charge in [-0.05, 0) is 11.8 Å². The Hall–Kier alpha value is 0.800. The second-order valence-corrected chi connectivity index (χ2v) is 4.97.